The predicted octanol–water partition coefficient (Wildman–Crippen LogP) is 3.13. The van der Waals surface area contributed by atoms with Crippen molar-refractivity contribution in [3.8, 4) is 0 Å². The van der Waals surface area contributed by atoms with Gasteiger partial charge in [0.15, 0.2) is 17.5 Å². The molecule has 0 aliphatic carbocycles. The molecule has 2 rings (SSSR count). The van der Waals surface area contributed by atoms with E-state index in [2.05, 4.69) is 5.32 Å². The third-order valence-corrected chi connectivity index (χ3v) is 2.54. The largest absolute Gasteiger partial charge is 0.478 e. The molecule has 4 nitrogen and oxygen atoms in total. The summed E-state index contributed by atoms with van der Waals surface area (Å²) in [4.78, 5) is 11.0. The van der Waals surface area contributed by atoms with E-state index in [1.807, 2.05) is 0 Å². The minimum Gasteiger partial charge on any atom is -0.478 e. The molecule has 7 heteroatoms. The van der Waals surface area contributed by atoms with Crippen molar-refractivity contribution < 1.29 is 23.1 Å². The van der Waals surface area contributed by atoms with Crippen molar-refractivity contribution in [3.63, 3.8) is 0 Å². The summed E-state index contributed by atoms with van der Waals surface area (Å²) in [6, 6.07) is 5.41. The van der Waals surface area contributed by atoms with Crippen molar-refractivity contribution in [1.82, 2.24) is 0 Å². The summed E-state index contributed by atoms with van der Waals surface area (Å²) >= 11 is 0. The van der Waals surface area contributed by atoms with Crippen LogP contribution in [0, 0.1) is 17.5 Å². The average molecular weight is 282 g/mol. The average Bonchev–Trinajstić information content (AvgIpc) is 2.37. The van der Waals surface area contributed by atoms with E-state index in [-0.39, 0.29) is 22.6 Å². The van der Waals surface area contributed by atoms with Gasteiger partial charge in [0, 0.05) is 23.5 Å². The minimum atomic E-state index is -1.59. The number of anilines is 3. The molecule has 0 fully saturated rings. The number of aromatic carboxylic acids is 1. The highest BCUT2D eigenvalue weighted by molar-refractivity contribution is 5.96. The van der Waals surface area contributed by atoms with Crippen molar-refractivity contribution >= 4 is 23.0 Å². The number of hydrogen-bond acceptors (Lipinski definition) is 3. The molecule has 0 aliphatic rings. The third-order valence-electron chi connectivity index (χ3n) is 2.54. The summed E-state index contributed by atoms with van der Waals surface area (Å²) in [5.74, 6) is -5.60. The molecule has 0 atom stereocenters. The molecule has 0 aliphatic heterocycles. The first-order valence-electron chi connectivity index (χ1n) is 5.43. The zero-order valence-electron chi connectivity index (χ0n) is 9.95. The fourth-order valence-corrected chi connectivity index (χ4v) is 1.63. The van der Waals surface area contributed by atoms with Crippen molar-refractivity contribution in [2.24, 2.45) is 0 Å². The molecule has 2 aromatic carbocycles. The molecule has 4 N–H and O–H groups in total. The lowest BCUT2D eigenvalue weighted by molar-refractivity contribution is 0.0698. The van der Waals surface area contributed by atoms with Gasteiger partial charge in [-0.15, -0.1) is 0 Å². The van der Waals surface area contributed by atoms with Crippen LogP contribution in [0.3, 0.4) is 0 Å². The number of benzene rings is 2. The molecule has 20 heavy (non-hydrogen) atoms. The number of carbonyl (C=O) groups is 1. The second-order valence-corrected chi connectivity index (χ2v) is 3.99. The Morgan fingerprint density at radius 3 is 2.25 bits per heavy atom. The second kappa shape index (κ2) is 5.12. The summed E-state index contributed by atoms with van der Waals surface area (Å²) in [5.41, 5.74) is 5.48. The van der Waals surface area contributed by atoms with E-state index in [9.17, 15) is 18.0 Å². The molecule has 2 aromatic rings. The monoisotopic (exact) mass is 282 g/mol. The Balaban J connectivity index is 2.42. The normalized spacial score (nSPS) is 10.3. The van der Waals surface area contributed by atoms with Crippen LogP contribution >= 0.6 is 0 Å². The third kappa shape index (κ3) is 2.66. The van der Waals surface area contributed by atoms with Gasteiger partial charge in [-0.2, -0.15) is 0 Å². The molecule has 0 saturated heterocycles. The Labute approximate surface area is 111 Å². The molecule has 0 aromatic heterocycles. The van der Waals surface area contributed by atoms with Crippen LogP contribution in [-0.4, -0.2) is 11.1 Å². The van der Waals surface area contributed by atoms with E-state index < -0.39 is 23.4 Å². The van der Waals surface area contributed by atoms with Crippen molar-refractivity contribution in [1.29, 1.82) is 0 Å². The van der Waals surface area contributed by atoms with Crippen LogP contribution in [-0.2, 0) is 0 Å². The van der Waals surface area contributed by atoms with Crippen molar-refractivity contribution in [2.45, 2.75) is 0 Å². The van der Waals surface area contributed by atoms with Gasteiger partial charge < -0.3 is 16.2 Å². The zero-order chi connectivity index (χ0) is 14.9. The maximum absolute atomic E-state index is 13.1. The van der Waals surface area contributed by atoms with Crippen LogP contribution < -0.4 is 11.1 Å². The van der Waals surface area contributed by atoms with Gasteiger partial charge >= 0.3 is 5.97 Å². The van der Waals surface area contributed by atoms with Crippen LogP contribution in [0.15, 0.2) is 30.3 Å². The van der Waals surface area contributed by atoms with Crippen LogP contribution in [0.1, 0.15) is 10.4 Å². The number of nitrogen functional groups attached to an aromatic ring is 1. The highest BCUT2D eigenvalue weighted by atomic mass is 19.2. The molecule has 0 unspecified atom stereocenters. The van der Waals surface area contributed by atoms with E-state index in [0.29, 0.717) is 0 Å². The summed E-state index contributed by atoms with van der Waals surface area (Å²) in [7, 11) is 0. The number of carboxylic acid groups (broad SMARTS) is 1. The number of hydrogen-bond donors (Lipinski definition) is 3. The van der Waals surface area contributed by atoms with E-state index in [1.54, 1.807) is 0 Å². The highest BCUT2D eigenvalue weighted by Gasteiger charge is 2.14. The van der Waals surface area contributed by atoms with Gasteiger partial charge in [0.05, 0.1) is 11.3 Å². The van der Waals surface area contributed by atoms with Crippen LogP contribution in [0.2, 0.25) is 0 Å². The van der Waals surface area contributed by atoms with Crippen molar-refractivity contribution in [3.05, 3.63) is 53.3 Å². The lowest BCUT2D eigenvalue weighted by atomic mass is 10.1. The maximum atomic E-state index is 13.1. The zero-order valence-corrected chi connectivity index (χ0v) is 9.95. The smallest absolute Gasteiger partial charge is 0.337 e. The Morgan fingerprint density at radius 2 is 1.70 bits per heavy atom. The Hall–Kier alpha value is -2.70. The summed E-state index contributed by atoms with van der Waals surface area (Å²) in [5, 5.41) is 11.5. The van der Waals surface area contributed by atoms with E-state index in [1.165, 1.54) is 18.2 Å². The molecule has 0 spiro atoms. The number of halogens is 3. The summed E-state index contributed by atoms with van der Waals surface area (Å²) in [6.07, 6.45) is 0. The standard InChI is InChI=1S/C13H9F3N2O2/c14-9-4-7(5-10(15)12(9)16)18-11-2-1-6(17)3-8(11)13(19)20/h1-5,18H,17H2,(H,19,20). The van der Waals surface area contributed by atoms with Gasteiger partial charge in [-0.3, -0.25) is 0 Å². The van der Waals surface area contributed by atoms with Gasteiger partial charge in [-0.25, -0.2) is 18.0 Å². The molecular weight excluding hydrogens is 273 g/mol. The van der Waals surface area contributed by atoms with E-state index in [0.717, 1.165) is 12.1 Å². The van der Waals surface area contributed by atoms with Crippen LogP contribution in [0.5, 0.6) is 0 Å². The van der Waals surface area contributed by atoms with Crippen LogP contribution in [0.4, 0.5) is 30.2 Å². The number of nitrogens with two attached hydrogens (primary N) is 1. The quantitative estimate of drug-likeness (QED) is 0.597. The lowest BCUT2D eigenvalue weighted by Gasteiger charge is -2.11. The van der Waals surface area contributed by atoms with Gasteiger partial charge in [0.1, 0.15) is 0 Å². The lowest BCUT2D eigenvalue weighted by Crippen LogP contribution is -2.04. The Bertz CT molecular complexity index is 666. The summed E-state index contributed by atoms with van der Waals surface area (Å²) < 4.78 is 39.0. The van der Waals surface area contributed by atoms with E-state index in [4.69, 9.17) is 10.8 Å². The molecule has 0 amide bonds. The Morgan fingerprint density at radius 1 is 1.10 bits per heavy atom. The first kappa shape index (κ1) is 13.7. The minimum absolute atomic E-state index is 0.0807. The molecule has 0 radical (unpaired) electrons. The fraction of sp³-hybridized carbons (Fsp3) is 0. The number of nitrogens with one attached hydrogen (secondary N) is 1. The molecule has 0 heterocycles. The number of carboxylic acids is 1. The van der Waals surface area contributed by atoms with Gasteiger partial charge in [-0.1, -0.05) is 0 Å². The van der Waals surface area contributed by atoms with Crippen LogP contribution in [0.25, 0.3) is 0 Å². The van der Waals surface area contributed by atoms with Gasteiger partial charge in [-0.05, 0) is 18.2 Å². The molecular formula is C13H9F3N2O2. The summed E-state index contributed by atoms with van der Waals surface area (Å²) in [6.45, 7) is 0. The van der Waals surface area contributed by atoms with Gasteiger partial charge in [0.2, 0.25) is 0 Å². The Kier molecular flexibility index (Phi) is 3.51. The highest BCUT2D eigenvalue weighted by Crippen LogP contribution is 2.25. The SMILES string of the molecule is Nc1ccc(Nc2cc(F)c(F)c(F)c2)c(C(=O)O)c1. The fourth-order valence-electron chi connectivity index (χ4n) is 1.63. The number of rotatable bonds is 3. The van der Waals surface area contributed by atoms with Crippen molar-refractivity contribution in [2.75, 3.05) is 11.1 Å². The molecule has 0 bridgehead atoms. The first-order chi connectivity index (χ1) is 9.38. The predicted molar refractivity (Wildman–Crippen MR) is 67.4 cm³/mol. The first-order valence-corrected chi connectivity index (χ1v) is 5.43. The van der Waals surface area contributed by atoms with E-state index >= 15 is 0 Å². The molecule has 0 saturated carbocycles. The second-order valence-electron chi connectivity index (χ2n) is 3.99. The molecule has 104 valence electrons. The topological polar surface area (TPSA) is 75.3 Å². The van der Waals surface area contributed by atoms with Gasteiger partial charge in [0.25, 0.3) is 0 Å². The maximum Gasteiger partial charge on any atom is 0.337 e.